The summed E-state index contributed by atoms with van der Waals surface area (Å²) in [6.45, 7) is 1.44. The van der Waals surface area contributed by atoms with Gasteiger partial charge >= 0.3 is 0 Å². The van der Waals surface area contributed by atoms with Gasteiger partial charge in [0.1, 0.15) is 13.2 Å². The molecule has 0 aliphatic carbocycles. The molecular formula is C17H16N2O4. The van der Waals surface area contributed by atoms with Crippen LogP contribution in [0.5, 0.6) is 11.5 Å². The third-order valence-corrected chi connectivity index (χ3v) is 3.49. The Morgan fingerprint density at radius 1 is 0.957 bits per heavy atom. The first-order valence-corrected chi connectivity index (χ1v) is 7.20. The van der Waals surface area contributed by atoms with Crippen molar-refractivity contribution in [1.29, 1.82) is 0 Å². The molecule has 6 heteroatoms. The van der Waals surface area contributed by atoms with E-state index in [1.807, 2.05) is 18.2 Å². The number of carbonyl (C=O) groups is 2. The number of amides is 2. The molecule has 2 aromatic carbocycles. The molecule has 0 unspecified atom stereocenters. The predicted octanol–water partition coefficient (Wildman–Crippen LogP) is 1.49. The second kappa shape index (κ2) is 6.39. The van der Waals surface area contributed by atoms with Gasteiger partial charge in [0, 0.05) is 17.7 Å². The Morgan fingerprint density at radius 2 is 1.61 bits per heavy atom. The molecule has 2 amide bonds. The number of carbonyl (C=O) groups excluding carboxylic acids is 2. The molecule has 0 bridgehead atoms. The van der Waals surface area contributed by atoms with E-state index in [-0.39, 0.29) is 5.91 Å². The topological polar surface area (TPSA) is 90.7 Å². The molecule has 1 aliphatic heterocycles. The molecule has 0 spiro atoms. The van der Waals surface area contributed by atoms with Crippen LogP contribution < -0.4 is 20.5 Å². The van der Waals surface area contributed by atoms with Crippen LogP contribution in [0.3, 0.4) is 0 Å². The van der Waals surface area contributed by atoms with Gasteiger partial charge in [0.05, 0.1) is 0 Å². The number of primary amides is 1. The molecule has 1 heterocycles. The quantitative estimate of drug-likeness (QED) is 0.895. The van der Waals surface area contributed by atoms with Gasteiger partial charge < -0.3 is 20.5 Å². The molecule has 23 heavy (non-hydrogen) atoms. The van der Waals surface area contributed by atoms with Gasteiger partial charge in [0.15, 0.2) is 11.5 Å². The molecule has 0 radical (unpaired) electrons. The van der Waals surface area contributed by atoms with Crippen molar-refractivity contribution in [2.45, 2.75) is 6.54 Å². The molecule has 0 aromatic heterocycles. The highest BCUT2D eigenvalue weighted by molar-refractivity contribution is 5.97. The lowest BCUT2D eigenvalue weighted by molar-refractivity contribution is 0.0948. The maximum atomic E-state index is 12.1. The highest BCUT2D eigenvalue weighted by Crippen LogP contribution is 2.30. The van der Waals surface area contributed by atoms with Crippen molar-refractivity contribution >= 4 is 11.8 Å². The second-order valence-corrected chi connectivity index (χ2v) is 5.10. The van der Waals surface area contributed by atoms with Crippen LogP contribution in [-0.2, 0) is 6.54 Å². The minimum absolute atomic E-state index is 0.226. The smallest absolute Gasteiger partial charge is 0.251 e. The fraction of sp³-hybridized carbons (Fsp3) is 0.176. The number of hydrogen-bond acceptors (Lipinski definition) is 4. The lowest BCUT2D eigenvalue weighted by Crippen LogP contribution is -2.23. The van der Waals surface area contributed by atoms with Crippen molar-refractivity contribution in [2.24, 2.45) is 5.73 Å². The van der Waals surface area contributed by atoms with Crippen LogP contribution in [0.25, 0.3) is 0 Å². The van der Waals surface area contributed by atoms with E-state index in [1.165, 1.54) is 12.1 Å². The second-order valence-electron chi connectivity index (χ2n) is 5.10. The van der Waals surface area contributed by atoms with Gasteiger partial charge in [-0.2, -0.15) is 0 Å². The van der Waals surface area contributed by atoms with E-state index in [0.717, 1.165) is 5.56 Å². The zero-order valence-corrected chi connectivity index (χ0v) is 12.4. The SMILES string of the molecule is NC(=O)c1ccc(C(=O)NCc2ccc3c(c2)OCCO3)cc1. The van der Waals surface area contributed by atoms with Crippen molar-refractivity contribution in [3.05, 3.63) is 59.2 Å². The highest BCUT2D eigenvalue weighted by Gasteiger charge is 2.12. The largest absolute Gasteiger partial charge is 0.486 e. The lowest BCUT2D eigenvalue weighted by Gasteiger charge is -2.19. The Hall–Kier alpha value is -3.02. The first-order valence-electron chi connectivity index (χ1n) is 7.20. The van der Waals surface area contributed by atoms with E-state index in [4.69, 9.17) is 15.2 Å². The molecule has 0 saturated heterocycles. The minimum Gasteiger partial charge on any atom is -0.486 e. The van der Waals surface area contributed by atoms with Gasteiger partial charge in [-0.05, 0) is 42.0 Å². The van der Waals surface area contributed by atoms with Crippen LogP contribution in [0.1, 0.15) is 26.3 Å². The lowest BCUT2D eigenvalue weighted by atomic mass is 10.1. The number of ether oxygens (including phenoxy) is 2. The number of fused-ring (bicyclic) bond motifs is 1. The van der Waals surface area contributed by atoms with Crippen molar-refractivity contribution in [1.82, 2.24) is 5.32 Å². The summed E-state index contributed by atoms with van der Waals surface area (Å²) in [6.07, 6.45) is 0. The first-order chi connectivity index (χ1) is 11.1. The molecule has 118 valence electrons. The Kier molecular flexibility index (Phi) is 4.14. The van der Waals surface area contributed by atoms with Crippen molar-refractivity contribution in [2.75, 3.05) is 13.2 Å². The fourth-order valence-electron chi connectivity index (χ4n) is 2.27. The summed E-state index contributed by atoms with van der Waals surface area (Å²) in [4.78, 5) is 23.1. The Bertz CT molecular complexity index is 741. The molecule has 3 N–H and O–H groups in total. The van der Waals surface area contributed by atoms with Crippen LogP contribution >= 0.6 is 0 Å². The van der Waals surface area contributed by atoms with Crippen LogP contribution in [0.4, 0.5) is 0 Å². The average molecular weight is 312 g/mol. The predicted molar refractivity (Wildman–Crippen MR) is 83.6 cm³/mol. The number of rotatable bonds is 4. The summed E-state index contributed by atoms with van der Waals surface area (Å²) in [5, 5.41) is 2.82. The van der Waals surface area contributed by atoms with Crippen molar-refractivity contribution < 1.29 is 19.1 Å². The molecule has 2 aromatic rings. The molecule has 3 rings (SSSR count). The van der Waals surface area contributed by atoms with Gasteiger partial charge in [-0.15, -0.1) is 0 Å². The molecule has 6 nitrogen and oxygen atoms in total. The Morgan fingerprint density at radius 3 is 2.30 bits per heavy atom. The highest BCUT2D eigenvalue weighted by atomic mass is 16.6. The Labute approximate surface area is 133 Å². The maximum Gasteiger partial charge on any atom is 0.251 e. The van der Waals surface area contributed by atoms with E-state index < -0.39 is 5.91 Å². The Balaban J connectivity index is 1.63. The van der Waals surface area contributed by atoms with Gasteiger partial charge in [-0.25, -0.2) is 0 Å². The first kappa shape index (κ1) is 14.9. The van der Waals surface area contributed by atoms with Gasteiger partial charge in [-0.3, -0.25) is 9.59 Å². The third-order valence-electron chi connectivity index (χ3n) is 3.49. The third kappa shape index (κ3) is 3.42. The summed E-state index contributed by atoms with van der Waals surface area (Å²) in [7, 11) is 0. The normalized spacial score (nSPS) is 12.5. The van der Waals surface area contributed by atoms with Crippen LogP contribution in [0.2, 0.25) is 0 Å². The minimum atomic E-state index is -0.520. The standard InChI is InChI=1S/C17H16N2O4/c18-16(20)12-2-4-13(5-3-12)17(21)19-10-11-1-6-14-15(9-11)23-8-7-22-14/h1-6,9H,7-8,10H2,(H2,18,20)(H,19,21). The summed E-state index contributed by atoms with van der Waals surface area (Å²) in [5.41, 5.74) is 6.92. The number of hydrogen-bond donors (Lipinski definition) is 2. The van der Waals surface area contributed by atoms with Crippen molar-refractivity contribution in [3.63, 3.8) is 0 Å². The maximum absolute atomic E-state index is 12.1. The van der Waals surface area contributed by atoms with E-state index in [1.54, 1.807) is 12.1 Å². The van der Waals surface area contributed by atoms with E-state index in [0.29, 0.717) is 42.4 Å². The van der Waals surface area contributed by atoms with Crippen LogP contribution in [0, 0.1) is 0 Å². The van der Waals surface area contributed by atoms with E-state index >= 15 is 0 Å². The van der Waals surface area contributed by atoms with Crippen LogP contribution in [0.15, 0.2) is 42.5 Å². The summed E-state index contributed by atoms with van der Waals surface area (Å²) in [6, 6.07) is 11.8. The summed E-state index contributed by atoms with van der Waals surface area (Å²) >= 11 is 0. The van der Waals surface area contributed by atoms with Gasteiger partial charge in [-0.1, -0.05) is 6.07 Å². The average Bonchev–Trinajstić information content (AvgIpc) is 2.59. The van der Waals surface area contributed by atoms with Gasteiger partial charge in [0.2, 0.25) is 5.91 Å². The summed E-state index contributed by atoms with van der Waals surface area (Å²) < 4.78 is 11.0. The zero-order chi connectivity index (χ0) is 16.2. The molecule has 1 aliphatic rings. The monoisotopic (exact) mass is 312 g/mol. The number of nitrogens with two attached hydrogens (primary N) is 1. The van der Waals surface area contributed by atoms with Crippen molar-refractivity contribution in [3.8, 4) is 11.5 Å². The molecular weight excluding hydrogens is 296 g/mol. The fourth-order valence-corrected chi connectivity index (χ4v) is 2.27. The number of benzene rings is 2. The van der Waals surface area contributed by atoms with Crippen LogP contribution in [-0.4, -0.2) is 25.0 Å². The molecule has 0 fully saturated rings. The molecule has 0 saturated carbocycles. The summed E-state index contributed by atoms with van der Waals surface area (Å²) in [5.74, 6) is 0.659. The zero-order valence-electron chi connectivity index (χ0n) is 12.4. The number of nitrogens with one attached hydrogen (secondary N) is 1. The van der Waals surface area contributed by atoms with E-state index in [9.17, 15) is 9.59 Å². The molecule has 0 atom stereocenters. The van der Waals surface area contributed by atoms with E-state index in [2.05, 4.69) is 5.32 Å². The van der Waals surface area contributed by atoms with Gasteiger partial charge in [0.25, 0.3) is 5.91 Å².